The summed E-state index contributed by atoms with van der Waals surface area (Å²) >= 11 is 1.31. The van der Waals surface area contributed by atoms with E-state index in [4.69, 9.17) is 0 Å². The lowest BCUT2D eigenvalue weighted by molar-refractivity contribution is -0.117. The van der Waals surface area contributed by atoms with Crippen molar-refractivity contribution in [3.8, 4) is 11.4 Å². The Labute approximate surface area is 160 Å². The van der Waals surface area contributed by atoms with Gasteiger partial charge in [0.15, 0.2) is 5.82 Å². The van der Waals surface area contributed by atoms with Crippen molar-refractivity contribution >= 4 is 27.3 Å². The van der Waals surface area contributed by atoms with Gasteiger partial charge in [0.05, 0.1) is 5.92 Å². The number of carbonyl (C=O) groups excluding carboxylic acids is 1. The summed E-state index contributed by atoms with van der Waals surface area (Å²) in [6, 6.07) is 17.8. The summed E-state index contributed by atoms with van der Waals surface area (Å²) in [5, 5.41) is 16.4. The van der Waals surface area contributed by atoms with E-state index >= 15 is 0 Å². The van der Waals surface area contributed by atoms with Crippen molar-refractivity contribution in [2.24, 2.45) is 0 Å². The first-order chi connectivity index (χ1) is 13.2. The first kappa shape index (κ1) is 17.4. The lowest BCUT2D eigenvalue weighted by atomic mass is 9.96. The Morgan fingerprint density at radius 1 is 1.11 bits per heavy atom. The second kappa shape index (κ2) is 7.28. The van der Waals surface area contributed by atoms with Crippen LogP contribution in [-0.4, -0.2) is 25.7 Å². The summed E-state index contributed by atoms with van der Waals surface area (Å²) in [5.74, 6) is 0.388. The van der Waals surface area contributed by atoms with Crippen LogP contribution in [0.15, 0.2) is 54.6 Å². The van der Waals surface area contributed by atoms with Gasteiger partial charge in [-0.15, -0.1) is 15.3 Å². The number of carbonyl (C=O) groups is 1. The minimum Gasteiger partial charge on any atom is -0.300 e. The smallest absolute Gasteiger partial charge is 0.236 e. The second-order valence-corrected chi connectivity index (χ2v) is 7.31. The van der Waals surface area contributed by atoms with Crippen LogP contribution in [0.3, 0.4) is 0 Å². The molecule has 0 spiro atoms. The molecule has 1 atom stereocenters. The number of hydrogen-bond acceptors (Lipinski definition) is 5. The lowest BCUT2D eigenvalue weighted by Gasteiger charge is -2.13. The van der Waals surface area contributed by atoms with Crippen molar-refractivity contribution in [1.82, 2.24) is 19.8 Å². The van der Waals surface area contributed by atoms with Gasteiger partial charge in [-0.2, -0.15) is 4.52 Å². The van der Waals surface area contributed by atoms with Crippen molar-refractivity contribution < 1.29 is 4.79 Å². The molecule has 2 heterocycles. The maximum atomic E-state index is 12.7. The molecule has 0 saturated carbocycles. The van der Waals surface area contributed by atoms with Crippen LogP contribution in [-0.2, 0) is 4.79 Å². The molecule has 136 valence electrons. The number of aromatic nitrogens is 4. The van der Waals surface area contributed by atoms with Crippen molar-refractivity contribution in [3.63, 3.8) is 0 Å². The van der Waals surface area contributed by atoms with Gasteiger partial charge < -0.3 is 0 Å². The van der Waals surface area contributed by atoms with Gasteiger partial charge in [-0.1, -0.05) is 78.4 Å². The van der Waals surface area contributed by atoms with Gasteiger partial charge in [-0.05, 0) is 18.9 Å². The number of benzene rings is 2. The summed E-state index contributed by atoms with van der Waals surface area (Å²) < 4.78 is 1.68. The molecule has 0 aliphatic heterocycles. The van der Waals surface area contributed by atoms with E-state index in [1.54, 1.807) is 4.52 Å². The molecule has 0 unspecified atom stereocenters. The number of anilines is 1. The summed E-state index contributed by atoms with van der Waals surface area (Å²) in [4.78, 5) is 13.4. The third kappa shape index (κ3) is 3.46. The van der Waals surface area contributed by atoms with Crippen LogP contribution in [0.2, 0.25) is 0 Å². The Morgan fingerprint density at radius 2 is 1.85 bits per heavy atom. The highest BCUT2D eigenvalue weighted by Crippen LogP contribution is 2.26. The van der Waals surface area contributed by atoms with E-state index in [0.29, 0.717) is 22.3 Å². The third-order valence-corrected chi connectivity index (χ3v) is 5.27. The highest BCUT2D eigenvalue weighted by molar-refractivity contribution is 7.20. The fraction of sp³-hybridized carbons (Fsp3) is 0.200. The van der Waals surface area contributed by atoms with Crippen molar-refractivity contribution in [2.75, 3.05) is 5.32 Å². The molecule has 2 aromatic heterocycles. The van der Waals surface area contributed by atoms with Crippen LogP contribution >= 0.6 is 11.3 Å². The molecule has 4 aromatic rings. The topological polar surface area (TPSA) is 72.2 Å². The summed E-state index contributed by atoms with van der Waals surface area (Å²) in [5.41, 5.74) is 3.12. The first-order valence-electron chi connectivity index (χ1n) is 8.81. The molecule has 1 N–H and O–H groups in total. The fourth-order valence-corrected chi connectivity index (χ4v) is 3.74. The molecular formula is C20H19N5OS. The molecule has 4 rings (SSSR count). The quantitative estimate of drug-likeness (QED) is 0.563. The zero-order valence-electron chi connectivity index (χ0n) is 15.1. The molecule has 1 amide bonds. The van der Waals surface area contributed by atoms with Gasteiger partial charge in [-0.25, -0.2) is 0 Å². The van der Waals surface area contributed by atoms with Gasteiger partial charge in [0, 0.05) is 5.56 Å². The predicted molar refractivity (Wildman–Crippen MR) is 107 cm³/mol. The lowest BCUT2D eigenvalue weighted by Crippen LogP contribution is -2.20. The second-order valence-electron chi connectivity index (χ2n) is 6.35. The Kier molecular flexibility index (Phi) is 4.68. The molecule has 0 radical (unpaired) electrons. The highest BCUT2D eigenvalue weighted by Gasteiger charge is 2.21. The maximum Gasteiger partial charge on any atom is 0.236 e. The fourth-order valence-electron chi connectivity index (χ4n) is 3.00. The molecule has 0 aliphatic rings. The van der Waals surface area contributed by atoms with Crippen LogP contribution in [0.5, 0.6) is 0 Å². The van der Waals surface area contributed by atoms with Crippen LogP contribution in [0.1, 0.15) is 30.4 Å². The van der Waals surface area contributed by atoms with Gasteiger partial charge >= 0.3 is 0 Å². The van der Waals surface area contributed by atoms with Crippen molar-refractivity contribution in [3.05, 3.63) is 65.7 Å². The van der Waals surface area contributed by atoms with Crippen molar-refractivity contribution in [1.29, 1.82) is 0 Å². The summed E-state index contributed by atoms with van der Waals surface area (Å²) in [6.07, 6.45) is 0.717. The van der Waals surface area contributed by atoms with E-state index < -0.39 is 0 Å². The van der Waals surface area contributed by atoms with Gasteiger partial charge in [0.1, 0.15) is 0 Å². The molecular weight excluding hydrogens is 358 g/mol. The first-order valence-corrected chi connectivity index (χ1v) is 9.62. The molecule has 0 fully saturated rings. The molecule has 0 bridgehead atoms. The number of hydrogen-bond donors (Lipinski definition) is 1. The van der Waals surface area contributed by atoms with Gasteiger partial charge in [-0.3, -0.25) is 10.1 Å². The van der Waals surface area contributed by atoms with E-state index in [2.05, 4.69) is 20.6 Å². The number of amides is 1. The third-order valence-electron chi connectivity index (χ3n) is 4.46. The van der Waals surface area contributed by atoms with Gasteiger partial charge in [0.2, 0.25) is 16.0 Å². The maximum absolute atomic E-state index is 12.7. The largest absolute Gasteiger partial charge is 0.300 e. The minimum absolute atomic E-state index is 0.0643. The summed E-state index contributed by atoms with van der Waals surface area (Å²) in [6.45, 7) is 4.04. The molecule has 7 heteroatoms. The number of rotatable bonds is 5. The van der Waals surface area contributed by atoms with Gasteiger partial charge in [0.25, 0.3) is 0 Å². The Bertz CT molecular complexity index is 1070. The number of aryl methyl sites for hydroxylation is 1. The molecule has 6 nitrogen and oxygen atoms in total. The Balaban J connectivity index is 1.59. The van der Waals surface area contributed by atoms with Crippen molar-refractivity contribution in [2.45, 2.75) is 26.2 Å². The highest BCUT2D eigenvalue weighted by atomic mass is 32.1. The molecule has 2 aromatic carbocycles. The SMILES string of the molecule is CC[C@H](C(=O)Nc1nn2c(-c3ccc(C)cc3)nnc2s1)c1ccccc1. The molecule has 0 saturated heterocycles. The number of nitrogens with zero attached hydrogens (tertiary/aromatic N) is 4. The van der Waals surface area contributed by atoms with Crippen LogP contribution < -0.4 is 5.32 Å². The number of fused-ring (bicyclic) bond motifs is 1. The molecule has 27 heavy (non-hydrogen) atoms. The molecule has 0 aliphatic carbocycles. The Morgan fingerprint density at radius 3 is 2.56 bits per heavy atom. The average Bonchev–Trinajstić information content (AvgIpc) is 3.24. The van der Waals surface area contributed by atoms with Crippen LogP contribution in [0.4, 0.5) is 5.13 Å². The van der Waals surface area contributed by atoms with E-state index in [0.717, 1.165) is 11.1 Å². The monoisotopic (exact) mass is 377 g/mol. The standard InChI is InChI=1S/C20H19N5OS/c1-3-16(14-7-5-4-6-8-14)18(26)21-19-24-25-17(22-23-20(25)27-19)15-11-9-13(2)10-12-15/h4-12,16H,3H2,1-2H3,(H,21,24,26)/t16-/m0/s1. The minimum atomic E-state index is -0.211. The number of nitrogens with one attached hydrogen (secondary N) is 1. The van der Waals surface area contributed by atoms with Crippen LogP contribution in [0, 0.1) is 6.92 Å². The zero-order chi connectivity index (χ0) is 18.8. The Hall–Kier alpha value is -3.06. The average molecular weight is 377 g/mol. The zero-order valence-corrected chi connectivity index (χ0v) is 15.9. The van der Waals surface area contributed by atoms with Crippen LogP contribution in [0.25, 0.3) is 16.3 Å². The van der Waals surface area contributed by atoms with E-state index in [9.17, 15) is 4.79 Å². The van der Waals surface area contributed by atoms with E-state index in [1.165, 1.54) is 16.9 Å². The predicted octanol–water partition coefficient (Wildman–Crippen LogP) is 4.29. The summed E-state index contributed by atoms with van der Waals surface area (Å²) in [7, 11) is 0. The van der Waals surface area contributed by atoms with E-state index in [1.807, 2.05) is 68.4 Å². The van der Waals surface area contributed by atoms with E-state index in [-0.39, 0.29) is 11.8 Å². The normalized spacial score (nSPS) is 12.2.